The first-order chi connectivity index (χ1) is 5.38. The highest BCUT2D eigenvalue weighted by molar-refractivity contribution is 5.51. The number of rotatable bonds is 0. The van der Waals surface area contributed by atoms with Gasteiger partial charge in [-0.15, -0.1) is 0 Å². The second-order valence-corrected chi connectivity index (χ2v) is 2.69. The third-order valence-corrected chi connectivity index (χ3v) is 1.98. The molecule has 1 heterocycles. The molecule has 11 heavy (non-hydrogen) atoms. The minimum absolute atomic E-state index is 0.821. The van der Waals surface area contributed by atoms with Gasteiger partial charge in [0, 0.05) is 18.8 Å². The van der Waals surface area contributed by atoms with Gasteiger partial charge in [-0.25, -0.2) is 0 Å². The van der Waals surface area contributed by atoms with Gasteiger partial charge in [-0.2, -0.15) is 0 Å². The van der Waals surface area contributed by atoms with Crippen molar-refractivity contribution in [2.45, 2.75) is 13.1 Å². The highest BCUT2D eigenvalue weighted by Crippen LogP contribution is 2.18. The molecule has 1 aliphatic rings. The predicted molar refractivity (Wildman–Crippen MR) is 44.5 cm³/mol. The van der Waals surface area contributed by atoms with Crippen LogP contribution in [-0.4, -0.2) is 0 Å². The maximum Gasteiger partial charge on any atom is 0.0374 e. The molecule has 0 aromatic heterocycles. The molecule has 0 bridgehead atoms. The smallest absolute Gasteiger partial charge is 0.0374 e. The Labute approximate surface area is 65.6 Å². The Bertz CT molecular complexity index is 270. The summed E-state index contributed by atoms with van der Waals surface area (Å²) in [6.07, 6.45) is 0. The van der Waals surface area contributed by atoms with Crippen LogP contribution in [0.25, 0.3) is 0 Å². The number of benzene rings is 1. The van der Waals surface area contributed by atoms with Crippen LogP contribution < -0.4 is 16.6 Å². The van der Waals surface area contributed by atoms with Gasteiger partial charge < -0.3 is 5.73 Å². The monoisotopic (exact) mass is 149 g/mol. The second-order valence-electron chi connectivity index (χ2n) is 2.69. The average molecular weight is 149 g/mol. The largest absolute Gasteiger partial charge is 0.398 e. The van der Waals surface area contributed by atoms with E-state index in [4.69, 9.17) is 5.73 Å². The van der Waals surface area contributed by atoms with E-state index in [1.807, 2.05) is 12.1 Å². The second kappa shape index (κ2) is 2.53. The van der Waals surface area contributed by atoms with Crippen molar-refractivity contribution < 1.29 is 0 Å². The summed E-state index contributed by atoms with van der Waals surface area (Å²) in [4.78, 5) is 0. The summed E-state index contributed by atoms with van der Waals surface area (Å²) in [5, 5.41) is 0. The number of nitrogen functional groups attached to an aromatic ring is 1. The summed E-state index contributed by atoms with van der Waals surface area (Å²) in [5.41, 5.74) is 15.3. The summed E-state index contributed by atoms with van der Waals surface area (Å²) in [6.45, 7) is 1.68. The van der Waals surface area contributed by atoms with Crippen molar-refractivity contribution in [1.29, 1.82) is 0 Å². The molecular formula is C8H11N3. The molecular weight excluding hydrogens is 138 g/mol. The predicted octanol–water partition coefficient (Wildman–Crippen LogP) is 0.377. The van der Waals surface area contributed by atoms with Crippen molar-refractivity contribution in [2.75, 3.05) is 5.73 Å². The molecule has 1 aromatic rings. The Hall–Kier alpha value is -1.06. The molecule has 2 rings (SSSR count). The van der Waals surface area contributed by atoms with E-state index in [0.29, 0.717) is 0 Å². The lowest BCUT2D eigenvalue weighted by Crippen LogP contribution is -2.36. The summed E-state index contributed by atoms with van der Waals surface area (Å²) in [7, 11) is 0. The molecule has 58 valence electrons. The Morgan fingerprint density at radius 3 is 2.82 bits per heavy atom. The molecule has 0 unspecified atom stereocenters. The Morgan fingerprint density at radius 1 is 1.18 bits per heavy atom. The summed E-state index contributed by atoms with van der Waals surface area (Å²) >= 11 is 0. The first-order valence-electron chi connectivity index (χ1n) is 3.70. The van der Waals surface area contributed by atoms with E-state index < -0.39 is 0 Å². The van der Waals surface area contributed by atoms with Gasteiger partial charge in [0.25, 0.3) is 0 Å². The molecule has 0 atom stereocenters. The maximum absolute atomic E-state index is 5.77. The quantitative estimate of drug-likeness (QED) is 0.467. The van der Waals surface area contributed by atoms with Crippen LogP contribution in [0.1, 0.15) is 11.1 Å². The van der Waals surface area contributed by atoms with Gasteiger partial charge >= 0.3 is 0 Å². The summed E-state index contributed by atoms with van der Waals surface area (Å²) < 4.78 is 0. The van der Waals surface area contributed by atoms with Crippen molar-refractivity contribution in [3.63, 3.8) is 0 Å². The van der Waals surface area contributed by atoms with E-state index in [0.717, 1.165) is 18.8 Å². The van der Waals surface area contributed by atoms with E-state index in [1.165, 1.54) is 11.1 Å². The Balaban J connectivity index is 2.49. The molecule has 0 amide bonds. The van der Waals surface area contributed by atoms with Crippen LogP contribution in [0.15, 0.2) is 18.2 Å². The van der Waals surface area contributed by atoms with Crippen LogP contribution in [0.2, 0.25) is 0 Å². The maximum atomic E-state index is 5.77. The van der Waals surface area contributed by atoms with E-state index in [9.17, 15) is 0 Å². The first-order valence-corrected chi connectivity index (χ1v) is 3.70. The molecule has 0 radical (unpaired) electrons. The Kier molecular flexibility index (Phi) is 1.52. The van der Waals surface area contributed by atoms with E-state index in [1.54, 1.807) is 0 Å². The van der Waals surface area contributed by atoms with Gasteiger partial charge in [0.15, 0.2) is 0 Å². The van der Waals surface area contributed by atoms with E-state index in [-0.39, 0.29) is 0 Å². The number of nitrogens with one attached hydrogen (secondary N) is 2. The third kappa shape index (κ3) is 1.08. The first kappa shape index (κ1) is 6.64. The van der Waals surface area contributed by atoms with Crippen LogP contribution in [0.5, 0.6) is 0 Å². The molecule has 0 saturated carbocycles. The molecule has 0 aliphatic carbocycles. The lowest BCUT2D eigenvalue weighted by Gasteiger charge is -2.19. The zero-order valence-corrected chi connectivity index (χ0v) is 6.22. The number of hydrogen-bond acceptors (Lipinski definition) is 3. The van der Waals surface area contributed by atoms with Crippen molar-refractivity contribution in [1.82, 2.24) is 10.9 Å². The van der Waals surface area contributed by atoms with E-state index >= 15 is 0 Å². The number of nitrogens with two attached hydrogens (primary N) is 1. The molecule has 0 saturated heterocycles. The fraction of sp³-hybridized carbons (Fsp3) is 0.250. The van der Waals surface area contributed by atoms with Gasteiger partial charge in [-0.1, -0.05) is 12.1 Å². The number of fused-ring (bicyclic) bond motifs is 1. The van der Waals surface area contributed by atoms with Gasteiger partial charge in [0.1, 0.15) is 0 Å². The van der Waals surface area contributed by atoms with Crippen molar-refractivity contribution in [3.8, 4) is 0 Å². The van der Waals surface area contributed by atoms with Crippen molar-refractivity contribution in [2.24, 2.45) is 0 Å². The van der Waals surface area contributed by atoms with Crippen LogP contribution in [0.4, 0.5) is 5.69 Å². The third-order valence-electron chi connectivity index (χ3n) is 1.98. The summed E-state index contributed by atoms with van der Waals surface area (Å²) in [5.74, 6) is 0. The van der Waals surface area contributed by atoms with Crippen LogP contribution in [-0.2, 0) is 13.1 Å². The SMILES string of the molecule is Nc1cccc2c1CNNC2. The highest BCUT2D eigenvalue weighted by atomic mass is 15.4. The minimum Gasteiger partial charge on any atom is -0.398 e. The topological polar surface area (TPSA) is 50.1 Å². The summed E-state index contributed by atoms with van der Waals surface area (Å²) in [6, 6.07) is 6.02. The molecule has 1 aliphatic heterocycles. The molecule has 0 spiro atoms. The average Bonchev–Trinajstić information content (AvgIpc) is 2.06. The van der Waals surface area contributed by atoms with Crippen LogP contribution in [0, 0.1) is 0 Å². The Morgan fingerprint density at radius 2 is 2.00 bits per heavy atom. The van der Waals surface area contributed by atoms with Gasteiger partial charge in [0.2, 0.25) is 0 Å². The molecule has 0 fully saturated rings. The standard InChI is InChI=1S/C8H11N3/c9-8-3-1-2-6-4-10-11-5-7(6)8/h1-3,10-11H,4-5,9H2. The number of hydrazine groups is 1. The zero-order valence-electron chi connectivity index (χ0n) is 6.22. The van der Waals surface area contributed by atoms with Crippen LogP contribution in [0.3, 0.4) is 0 Å². The van der Waals surface area contributed by atoms with Crippen molar-refractivity contribution >= 4 is 5.69 Å². The lowest BCUT2D eigenvalue weighted by molar-refractivity contribution is 0.497. The minimum atomic E-state index is 0.821. The highest BCUT2D eigenvalue weighted by Gasteiger charge is 2.08. The fourth-order valence-electron chi connectivity index (χ4n) is 1.34. The fourth-order valence-corrected chi connectivity index (χ4v) is 1.34. The van der Waals surface area contributed by atoms with Gasteiger partial charge in [0.05, 0.1) is 0 Å². The van der Waals surface area contributed by atoms with Gasteiger partial charge in [-0.05, 0) is 17.2 Å². The zero-order chi connectivity index (χ0) is 7.68. The normalized spacial score (nSPS) is 16.0. The van der Waals surface area contributed by atoms with Gasteiger partial charge in [-0.3, -0.25) is 10.9 Å². The van der Waals surface area contributed by atoms with Crippen LogP contribution >= 0.6 is 0 Å². The molecule has 4 N–H and O–H groups in total. The lowest BCUT2D eigenvalue weighted by atomic mass is 10.0. The molecule has 3 heteroatoms. The number of anilines is 1. The molecule has 3 nitrogen and oxygen atoms in total. The molecule has 1 aromatic carbocycles. The van der Waals surface area contributed by atoms with Crippen molar-refractivity contribution in [3.05, 3.63) is 29.3 Å². The number of hydrogen-bond donors (Lipinski definition) is 3. The van der Waals surface area contributed by atoms with E-state index in [2.05, 4.69) is 16.9 Å².